The van der Waals surface area contributed by atoms with Gasteiger partial charge in [-0.05, 0) is 20.8 Å². The van der Waals surface area contributed by atoms with E-state index in [2.05, 4.69) is 12.2 Å². The lowest BCUT2D eigenvalue weighted by atomic mass is 9.83. The van der Waals surface area contributed by atoms with Gasteiger partial charge in [0.15, 0.2) is 0 Å². The highest BCUT2D eigenvalue weighted by Crippen LogP contribution is 2.30. The van der Waals surface area contributed by atoms with Gasteiger partial charge in [0.25, 0.3) is 0 Å². The highest BCUT2D eigenvalue weighted by Gasteiger charge is 2.42. The summed E-state index contributed by atoms with van der Waals surface area (Å²) in [5.41, 5.74) is -0.362. The molecule has 0 spiro atoms. The summed E-state index contributed by atoms with van der Waals surface area (Å²) in [6.45, 7) is 13.1. The molecule has 1 amide bonds. The predicted molar refractivity (Wildman–Crippen MR) is 88.3 cm³/mol. The fraction of sp³-hybridized carbons (Fsp3) is 0.933. The molecule has 7 heteroatoms. The van der Waals surface area contributed by atoms with E-state index in [-0.39, 0.29) is 35.9 Å². The molecule has 2 aliphatic heterocycles. The smallest absolute Gasteiger partial charge is 0.410 e. The maximum atomic E-state index is 11.5. The number of aliphatic hydroxyl groups excluding tert-OH is 2. The van der Waals surface area contributed by atoms with Gasteiger partial charge in [0.2, 0.25) is 0 Å². The van der Waals surface area contributed by atoms with Crippen LogP contribution in [0, 0.1) is 10.8 Å². The fourth-order valence-corrected chi connectivity index (χ4v) is 2.09. The van der Waals surface area contributed by atoms with Crippen molar-refractivity contribution in [3.05, 3.63) is 0 Å². The molecular weight excluding hydrogens is 308 g/mol. The molecule has 0 atom stereocenters. The van der Waals surface area contributed by atoms with Gasteiger partial charge in [0.05, 0.1) is 13.2 Å². The van der Waals surface area contributed by atoms with Gasteiger partial charge in [-0.25, -0.2) is 4.79 Å². The number of carbonyl (C=O) groups excluding carboxylic acids is 1. The summed E-state index contributed by atoms with van der Waals surface area (Å²) in [4.78, 5) is 13.1. The number of hydrogen-bond acceptors (Lipinski definition) is 5. The molecule has 3 N–H and O–H groups in total. The molecule has 0 bridgehead atoms. The average Bonchev–Trinajstić information content (AvgIpc) is 2.30. The van der Waals surface area contributed by atoms with Crippen molar-refractivity contribution in [1.82, 2.24) is 10.2 Å². The Balaban J connectivity index is 0.000000465. The molecule has 0 aromatic carbocycles. The molecule has 0 aromatic rings. The predicted octanol–water partition coefficient (Wildman–Crippen LogP) is 1.25. The van der Waals surface area contributed by atoms with Crippen molar-refractivity contribution < 1.29 is 19.7 Å². The van der Waals surface area contributed by atoms with Gasteiger partial charge in [-0.1, -0.05) is 13.8 Å². The number of likely N-dealkylation sites (tertiary alicyclic amines) is 1. The van der Waals surface area contributed by atoms with E-state index in [9.17, 15) is 4.79 Å². The molecule has 0 aromatic heterocycles. The topological polar surface area (TPSA) is 82.0 Å². The van der Waals surface area contributed by atoms with E-state index < -0.39 is 5.60 Å². The zero-order valence-corrected chi connectivity index (χ0v) is 15.1. The summed E-state index contributed by atoms with van der Waals surface area (Å²) in [7, 11) is 0. The lowest BCUT2D eigenvalue weighted by Crippen LogP contribution is -2.59. The van der Waals surface area contributed by atoms with Gasteiger partial charge < -0.3 is 25.2 Å². The van der Waals surface area contributed by atoms with Gasteiger partial charge >= 0.3 is 6.09 Å². The highest BCUT2D eigenvalue weighted by atomic mass is 35.5. The molecule has 0 radical (unpaired) electrons. The maximum absolute atomic E-state index is 11.5. The van der Waals surface area contributed by atoms with Crippen LogP contribution in [0.25, 0.3) is 0 Å². The minimum Gasteiger partial charge on any atom is -0.444 e. The minimum atomic E-state index is -0.442. The molecule has 2 rings (SSSR count). The molecule has 0 saturated carbocycles. The molecule has 2 fully saturated rings. The number of nitrogens with zero attached hydrogens (tertiary/aromatic N) is 1. The summed E-state index contributed by atoms with van der Waals surface area (Å²) in [6, 6.07) is 0. The summed E-state index contributed by atoms with van der Waals surface area (Å²) < 4.78 is 5.18. The molecule has 2 saturated heterocycles. The largest absolute Gasteiger partial charge is 0.444 e. The second-order valence-corrected chi connectivity index (χ2v) is 7.88. The number of hydrogen-bond donors (Lipinski definition) is 3. The molecule has 2 heterocycles. The van der Waals surface area contributed by atoms with Gasteiger partial charge in [-0.3, -0.25) is 0 Å². The number of ether oxygens (including phenoxy) is 1. The van der Waals surface area contributed by atoms with Crippen LogP contribution < -0.4 is 5.32 Å². The van der Waals surface area contributed by atoms with Gasteiger partial charge in [-0.2, -0.15) is 0 Å². The number of halogens is 1. The van der Waals surface area contributed by atoms with Crippen LogP contribution in [-0.4, -0.2) is 66.2 Å². The van der Waals surface area contributed by atoms with E-state index in [1.54, 1.807) is 4.90 Å². The highest BCUT2D eigenvalue weighted by molar-refractivity contribution is 5.85. The van der Waals surface area contributed by atoms with Crippen molar-refractivity contribution >= 4 is 18.5 Å². The molecular formula is C15H31ClN2O4. The van der Waals surface area contributed by atoms with E-state index in [4.69, 9.17) is 14.9 Å². The van der Waals surface area contributed by atoms with Crippen LogP contribution in [0.5, 0.6) is 0 Å². The Morgan fingerprint density at radius 1 is 1.14 bits per heavy atom. The molecule has 6 nitrogen and oxygen atoms in total. The molecule has 0 unspecified atom stereocenters. The Morgan fingerprint density at radius 2 is 1.59 bits per heavy atom. The van der Waals surface area contributed by atoms with Crippen molar-refractivity contribution in [2.24, 2.45) is 10.8 Å². The first kappa shape index (κ1) is 21.4. The van der Waals surface area contributed by atoms with Crippen molar-refractivity contribution in [1.29, 1.82) is 0 Å². The minimum absolute atomic E-state index is 0. The number of nitrogens with one attached hydrogen (secondary N) is 1. The van der Waals surface area contributed by atoms with Crippen LogP contribution in [0.1, 0.15) is 34.6 Å². The Hall–Kier alpha value is -0.560. The normalized spacial score (nSPS) is 21.3. The Labute approximate surface area is 139 Å². The number of rotatable bonds is 2. The van der Waals surface area contributed by atoms with E-state index in [0.717, 1.165) is 13.1 Å². The van der Waals surface area contributed by atoms with Crippen LogP contribution in [0.15, 0.2) is 0 Å². The SMILES string of the molecule is CC1(CO)CN(C(=O)OC(C)(C)C)C1.CC1(CO)CNC1.Cl. The molecule has 0 aliphatic carbocycles. The summed E-state index contributed by atoms with van der Waals surface area (Å²) in [6.07, 6.45) is -0.288. The monoisotopic (exact) mass is 338 g/mol. The maximum Gasteiger partial charge on any atom is 0.410 e. The third-order valence-electron chi connectivity index (χ3n) is 3.66. The first-order chi connectivity index (χ1) is 9.52. The zero-order valence-electron chi connectivity index (χ0n) is 14.3. The Bertz CT molecular complexity index is 356. The molecule has 22 heavy (non-hydrogen) atoms. The van der Waals surface area contributed by atoms with E-state index in [1.807, 2.05) is 27.7 Å². The summed E-state index contributed by atoms with van der Waals surface area (Å²) >= 11 is 0. The first-order valence-corrected chi connectivity index (χ1v) is 7.43. The zero-order chi connectivity index (χ0) is 16.3. The Morgan fingerprint density at radius 3 is 1.82 bits per heavy atom. The Kier molecular flexibility index (Phi) is 7.62. The number of amides is 1. The molecule has 132 valence electrons. The van der Waals surface area contributed by atoms with E-state index in [1.165, 1.54) is 0 Å². The van der Waals surface area contributed by atoms with Crippen LogP contribution in [0.4, 0.5) is 4.79 Å². The second kappa shape index (κ2) is 7.81. The van der Waals surface area contributed by atoms with Crippen LogP contribution >= 0.6 is 12.4 Å². The van der Waals surface area contributed by atoms with Crippen molar-refractivity contribution in [2.75, 3.05) is 39.4 Å². The van der Waals surface area contributed by atoms with Crippen molar-refractivity contribution in [3.8, 4) is 0 Å². The van der Waals surface area contributed by atoms with E-state index in [0.29, 0.717) is 19.7 Å². The lowest BCUT2D eigenvalue weighted by molar-refractivity contribution is -0.0469. The quantitative estimate of drug-likeness (QED) is 0.706. The van der Waals surface area contributed by atoms with Gasteiger partial charge in [0.1, 0.15) is 5.60 Å². The van der Waals surface area contributed by atoms with E-state index >= 15 is 0 Å². The molecule has 2 aliphatic rings. The second-order valence-electron chi connectivity index (χ2n) is 7.88. The van der Waals surface area contributed by atoms with Crippen molar-refractivity contribution in [3.63, 3.8) is 0 Å². The van der Waals surface area contributed by atoms with Crippen molar-refractivity contribution in [2.45, 2.75) is 40.2 Å². The summed E-state index contributed by atoms with van der Waals surface area (Å²) in [5.74, 6) is 0. The van der Waals surface area contributed by atoms with Crippen LogP contribution in [-0.2, 0) is 4.74 Å². The number of aliphatic hydroxyl groups is 2. The van der Waals surface area contributed by atoms with Gasteiger partial charge in [-0.15, -0.1) is 12.4 Å². The fourth-order valence-electron chi connectivity index (χ4n) is 2.09. The summed E-state index contributed by atoms with van der Waals surface area (Å²) in [5, 5.41) is 20.7. The van der Waals surface area contributed by atoms with Gasteiger partial charge in [0, 0.05) is 37.0 Å². The third-order valence-corrected chi connectivity index (χ3v) is 3.66. The first-order valence-electron chi connectivity index (χ1n) is 7.43. The van der Waals surface area contributed by atoms with Crippen LogP contribution in [0.3, 0.4) is 0 Å². The average molecular weight is 339 g/mol. The lowest BCUT2D eigenvalue weighted by Gasteiger charge is -2.46. The van der Waals surface area contributed by atoms with Crippen LogP contribution in [0.2, 0.25) is 0 Å². The number of carbonyl (C=O) groups is 1. The standard InChI is InChI=1S/C10H19NO3.C5H11NO.ClH/c1-9(2,3)14-8(13)11-5-10(4,6-11)7-12;1-5(4-7)2-6-3-5;/h12H,5-7H2,1-4H3;6-7H,2-4H2,1H3;1H. The third kappa shape index (κ3) is 6.28.